The minimum Gasteiger partial charge on any atom is -0.350 e. The molecular weight excluding hydrogens is 200 g/mol. The van der Waals surface area contributed by atoms with E-state index >= 15 is 0 Å². The van der Waals surface area contributed by atoms with Gasteiger partial charge in [0.2, 0.25) is 11.8 Å². The summed E-state index contributed by atoms with van der Waals surface area (Å²) in [7, 11) is 0. The minimum absolute atomic E-state index is 0.0599. The number of carbonyl (C=O) groups excluding carboxylic acids is 2. The highest BCUT2D eigenvalue weighted by atomic mass is 32.2. The molecule has 2 N–H and O–H groups in total. The first-order valence-electron chi connectivity index (χ1n) is 4.57. The number of nitrogens with one attached hydrogen (secondary N) is 2. The molecule has 1 fully saturated rings. The average molecular weight is 216 g/mol. The van der Waals surface area contributed by atoms with Gasteiger partial charge in [0, 0.05) is 11.3 Å². The van der Waals surface area contributed by atoms with Gasteiger partial charge in [0.25, 0.3) is 0 Å². The molecule has 2 amide bonds. The molecule has 80 valence electrons. The van der Waals surface area contributed by atoms with Crippen LogP contribution >= 0.6 is 11.8 Å². The molecule has 0 spiro atoms. The molecule has 1 atom stereocenters. The Morgan fingerprint density at radius 3 is 2.71 bits per heavy atom. The van der Waals surface area contributed by atoms with Crippen molar-refractivity contribution >= 4 is 23.6 Å². The highest BCUT2D eigenvalue weighted by Crippen LogP contribution is 2.10. The maximum Gasteiger partial charge on any atom is 0.243 e. The molecule has 0 aromatic carbocycles. The van der Waals surface area contributed by atoms with E-state index in [1.807, 2.05) is 20.8 Å². The van der Waals surface area contributed by atoms with Crippen LogP contribution in [0.3, 0.4) is 0 Å². The van der Waals surface area contributed by atoms with Crippen molar-refractivity contribution in [2.75, 3.05) is 11.5 Å². The van der Waals surface area contributed by atoms with Crippen molar-refractivity contribution in [2.24, 2.45) is 0 Å². The Morgan fingerprint density at radius 2 is 2.21 bits per heavy atom. The number of amides is 2. The Labute approximate surface area is 88.2 Å². The van der Waals surface area contributed by atoms with E-state index < -0.39 is 0 Å². The second-order valence-corrected chi connectivity index (χ2v) is 5.40. The molecule has 5 heteroatoms. The lowest BCUT2D eigenvalue weighted by atomic mass is 10.1. The van der Waals surface area contributed by atoms with Crippen LogP contribution < -0.4 is 10.6 Å². The van der Waals surface area contributed by atoms with E-state index in [1.54, 1.807) is 0 Å². The molecule has 0 saturated carbocycles. The second kappa shape index (κ2) is 4.21. The zero-order chi connectivity index (χ0) is 10.8. The molecule has 0 radical (unpaired) electrons. The summed E-state index contributed by atoms with van der Waals surface area (Å²) in [6.45, 7) is 5.76. The van der Waals surface area contributed by atoms with Crippen molar-refractivity contribution in [1.29, 1.82) is 0 Å². The van der Waals surface area contributed by atoms with E-state index in [9.17, 15) is 9.59 Å². The maximum atomic E-state index is 11.6. The summed E-state index contributed by atoms with van der Waals surface area (Å²) in [5, 5.41) is 5.51. The van der Waals surface area contributed by atoms with E-state index in [0.29, 0.717) is 11.5 Å². The summed E-state index contributed by atoms with van der Waals surface area (Å²) in [6, 6.07) is -0.375. The van der Waals surface area contributed by atoms with Crippen LogP contribution in [0, 0.1) is 0 Å². The van der Waals surface area contributed by atoms with Gasteiger partial charge in [0.15, 0.2) is 0 Å². The lowest BCUT2D eigenvalue weighted by Crippen LogP contribution is -2.55. The first-order chi connectivity index (χ1) is 6.38. The predicted molar refractivity (Wildman–Crippen MR) is 57.2 cm³/mol. The van der Waals surface area contributed by atoms with E-state index in [0.717, 1.165) is 0 Å². The van der Waals surface area contributed by atoms with Gasteiger partial charge in [-0.15, -0.1) is 11.8 Å². The summed E-state index contributed by atoms with van der Waals surface area (Å²) in [5.41, 5.74) is -0.246. The highest BCUT2D eigenvalue weighted by Gasteiger charge is 2.27. The van der Waals surface area contributed by atoms with Crippen LogP contribution in [0.2, 0.25) is 0 Å². The van der Waals surface area contributed by atoms with Gasteiger partial charge in [-0.05, 0) is 20.8 Å². The second-order valence-electron chi connectivity index (χ2n) is 4.37. The number of thioether (sulfide) groups is 1. The summed E-state index contributed by atoms with van der Waals surface area (Å²) in [5.74, 6) is 0.959. The molecule has 1 aliphatic rings. The fourth-order valence-electron chi connectivity index (χ4n) is 1.15. The zero-order valence-electron chi connectivity index (χ0n) is 8.72. The van der Waals surface area contributed by atoms with Crippen molar-refractivity contribution in [3.8, 4) is 0 Å². The maximum absolute atomic E-state index is 11.6. The van der Waals surface area contributed by atoms with Crippen molar-refractivity contribution in [1.82, 2.24) is 10.6 Å². The van der Waals surface area contributed by atoms with Gasteiger partial charge < -0.3 is 10.6 Å². The van der Waals surface area contributed by atoms with Gasteiger partial charge in [0.1, 0.15) is 6.04 Å². The summed E-state index contributed by atoms with van der Waals surface area (Å²) < 4.78 is 0. The van der Waals surface area contributed by atoms with Gasteiger partial charge in [-0.25, -0.2) is 0 Å². The molecule has 4 nitrogen and oxygen atoms in total. The van der Waals surface area contributed by atoms with Crippen molar-refractivity contribution in [3.63, 3.8) is 0 Å². The predicted octanol–water partition coefficient (Wildman–Crippen LogP) is 0.133. The number of hydrogen-bond donors (Lipinski definition) is 2. The summed E-state index contributed by atoms with van der Waals surface area (Å²) in [6.07, 6.45) is 0. The van der Waals surface area contributed by atoms with Gasteiger partial charge >= 0.3 is 0 Å². The third-order valence-electron chi connectivity index (χ3n) is 1.67. The quantitative estimate of drug-likeness (QED) is 0.655. The van der Waals surface area contributed by atoms with Crippen molar-refractivity contribution in [3.05, 3.63) is 0 Å². The molecule has 1 heterocycles. The zero-order valence-corrected chi connectivity index (χ0v) is 9.53. The minimum atomic E-state index is -0.375. The van der Waals surface area contributed by atoms with E-state index in [2.05, 4.69) is 10.6 Å². The Balaban J connectivity index is 2.48. The summed E-state index contributed by atoms with van der Waals surface area (Å²) in [4.78, 5) is 22.7. The van der Waals surface area contributed by atoms with Crippen LogP contribution in [0.4, 0.5) is 0 Å². The molecule has 14 heavy (non-hydrogen) atoms. The van der Waals surface area contributed by atoms with Gasteiger partial charge in [-0.2, -0.15) is 0 Å². The average Bonchev–Trinajstić information content (AvgIpc) is 2.01. The molecule has 1 saturated heterocycles. The van der Waals surface area contributed by atoms with Crippen molar-refractivity contribution in [2.45, 2.75) is 32.4 Å². The number of rotatable bonds is 1. The molecule has 0 aromatic heterocycles. The van der Waals surface area contributed by atoms with E-state index in [4.69, 9.17) is 0 Å². The first-order valence-corrected chi connectivity index (χ1v) is 5.73. The molecule has 1 aliphatic heterocycles. The van der Waals surface area contributed by atoms with Crippen LogP contribution in [0.25, 0.3) is 0 Å². The Bertz CT molecular complexity index is 248. The van der Waals surface area contributed by atoms with Gasteiger partial charge in [-0.3, -0.25) is 9.59 Å². The third kappa shape index (κ3) is 3.57. The highest BCUT2D eigenvalue weighted by molar-refractivity contribution is 8.00. The molecule has 0 aliphatic carbocycles. The lowest BCUT2D eigenvalue weighted by Gasteiger charge is -2.27. The summed E-state index contributed by atoms with van der Waals surface area (Å²) >= 11 is 1.49. The fourth-order valence-corrected chi connectivity index (χ4v) is 2.00. The van der Waals surface area contributed by atoms with Crippen LogP contribution in [0.15, 0.2) is 0 Å². The Hall–Kier alpha value is -0.710. The lowest BCUT2D eigenvalue weighted by molar-refractivity contribution is -0.128. The largest absolute Gasteiger partial charge is 0.350 e. The molecule has 0 aromatic rings. The topological polar surface area (TPSA) is 58.2 Å². The molecule has 1 unspecified atom stereocenters. The number of carbonyl (C=O) groups is 2. The monoisotopic (exact) mass is 216 g/mol. The van der Waals surface area contributed by atoms with E-state index in [-0.39, 0.29) is 23.4 Å². The standard InChI is InChI=1S/C9H16N2O2S/c1-9(2,3)11-8(13)6-4-14-5-7(12)10-6/h6H,4-5H2,1-3H3,(H,10,12)(H,11,13). The SMILES string of the molecule is CC(C)(C)NC(=O)C1CSCC(=O)N1. The van der Waals surface area contributed by atoms with E-state index in [1.165, 1.54) is 11.8 Å². The van der Waals surface area contributed by atoms with Crippen molar-refractivity contribution < 1.29 is 9.59 Å². The number of hydrogen-bond acceptors (Lipinski definition) is 3. The Morgan fingerprint density at radius 1 is 1.57 bits per heavy atom. The third-order valence-corrected chi connectivity index (χ3v) is 2.70. The molecule has 0 bridgehead atoms. The molecular formula is C9H16N2O2S. The first kappa shape index (κ1) is 11.4. The van der Waals surface area contributed by atoms with Crippen LogP contribution in [-0.4, -0.2) is 34.9 Å². The van der Waals surface area contributed by atoms with Crippen LogP contribution in [0.1, 0.15) is 20.8 Å². The fraction of sp³-hybridized carbons (Fsp3) is 0.778. The van der Waals surface area contributed by atoms with Gasteiger partial charge in [-0.1, -0.05) is 0 Å². The Kier molecular flexibility index (Phi) is 3.42. The normalized spacial score (nSPS) is 22.8. The molecule has 1 rings (SSSR count). The van der Waals surface area contributed by atoms with Crippen LogP contribution in [-0.2, 0) is 9.59 Å². The van der Waals surface area contributed by atoms with Gasteiger partial charge in [0.05, 0.1) is 5.75 Å². The van der Waals surface area contributed by atoms with Crippen LogP contribution in [0.5, 0.6) is 0 Å². The smallest absolute Gasteiger partial charge is 0.243 e.